The third kappa shape index (κ3) is 12.1. The summed E-state index contributed by atoms with van der Waals surface area (Å²) in [6, 6.07) is 6.55. The zero-order chi connectivity index (χ0) is 27.2. The molecular formula is C19H15Cl3F8N2O2S2. The molecule has 0 unspecified atom stereocenters. The van der Waals surface area contributed by atoms with Crippen molar-refractivity contribution >= 4 is 81.5 Å². The minimum Gasteiger partial charge on any atom is -0.316 e. The fourth-order valence-corrected chi connectivity index (χ4v) is 3.70. The predicted octanol–water partition coefficient (Wildman–Crippen LogP) is 8.43. The minimum atomic E-state index is -5.10. The maximum Gasteiger partial charge on any atom is 0.471 e. The van der Waals surface area contributed by atoms with Gasteiger partial charge in [-0.05, 0) is 42.7 Å². The van der Waals surface area contributed by atoms with E-state index in [1.807, 2.05) is 0 Å². The van der Waals surface area contributed by atoms with Crippen molar-refractivity contribution in [2.75, 3.05) is 16.9 Å². The number of halogens is 11. The van der Waals surface area contributed by atoms with Crippen molar-refractivity contribution in [1.29, 1.82) is 0 Å². The van der Waals surface area contributed by atoms with E-state index in [4.69, 9.17) is 34.8 Å². The monoisotopic (exact) mass is 624 g/mol. The third-order valence-electron chi connectivity index (χ3n) is 3.36. The number of hydrogen-bond donors (Lipinski definition) is 2. The first-order valence-electron chi connectivity index (χ1n) is 8.48. The number of rotatable bonds is 4. The summed E-state index contributed by atoms with van der Waals surface area (Å²) in [5, 5.41) is 2.85. The highest BCUT2D eigenvalue weighted by Gasteiger charge is 2.39. The first-order chi connectivity index (χ1) is 15.8. The Bertz CT molecular complexity index is 1060. The summed E-state index contributed by atoms with van der Waals surface area (Å²) in [5.74, 6) is -6.43. The quantitative estimate of drug-likeness (QED) is 0.203. The highest BCUT2D eigenvalue weighted by molar-refractivity contribution is 8.04. The van der Waals surface area contributed by atoms with Gasteiger partial charge in [0.1, 0.15) is 11.6 Å². The molecule has 0 atom stereocenters. The van der Waals surface area contributed by atoms with Crippen molar-refractivity contribution in [2.24, 2.45) is 0 Å². The number of anilines is 2. The summed E-state index contributed by atoms with van der Waals surface area (Å²) >= 11 is 18.3. The third-order valence-corrected chi connectivity index (χ3v) is 5.50. The van der Waals surface area contributed by atoms with Gasteiger partial charge in [-0.3, -0.25) is 9.59 Å². The molecule has 2 aromatic rings. The molecule has 0 radical (unpaired) electrons. The van der Waals surface area contributed by atoms with Crippen LogP contribution in [0.4, 0.5) is 46.5 Å². The lowest BCUT2D eigenvalue weighted by Crippen LogP contribution is -2.30. The molecule has 0 aliphatic rings. The molecule has 0 heterocycles. The Hall–Kier alpha value is -1.61. The van der Waals surface area contributed by atoms with Crippen LogP contribution in [-0.4, -0.2) is 33.5 Å². The molecule has 2 N–H and O–H groups in total. The van der Waals surface area contributed by atoms with Gasteiger partial charge >= 0.3 is 24.2 Å². The minimum absolute atomic E-state index is 0. The maximum atomic E-state index is 13.4. The van der Waals surface area contributed by atoms with Crippen LogP contribution in [0.5, 0.6) is 0 Å². The molecule has 2 aromatic carbocycles. The Balaban J connectivity index is 0.000000671. The average molecular weight is 626 g/mol. The molecule has 0 fully saturated rings. The average Bonchev–Trinajstić information content (AvgIpc) is 2.69. The molecule has 0 spiro atoms. The van der Waals surface area contributed by atoms with E-state index in [0.717, 1.165) is 24.3 Å². The van der Waals surface area contributed by atoms with Crippen LogP contribution in [0.2, 0.25) is 0 Å². The van der Waals surface area contributed by atoms with Crippen LogP contribution in [-0.2, 0) is 9.59 Å². The van der Waals surface area contributed by atoms with Gasteiger partial charge in [-0.25, -0.2) is 8.78 Å². The molecule has 0 saturated carbocycles. The summed E-state index contributed by atoms with van der Waals surface area (Å²) in [6.07, 6.45) is -8.43. The topological polar surface area (TPSA) is 58.2 Å². The van der Waals surface area contributed by atoms with Gasteiger partial charge < -0.3 is 10.6 Å². The lowest BCUT2D eigenvalue weighted by molar-refractivity contribution is -0.167. The van der Waals surface area contributed by atoms with Gasteiger partial charge in [0.2, 0.25) is 3.12 Å². The first kappa shape index (κ1) is 34.4. The van der Waals surface area contributed by atoms with Crippen LogP contribution < -0.4 is 10.6 Å². The molecule has 2 rings (SSSR count). The molecule has 17 heteroatoms. The number of amides is 2. The van der Waals surface area contributed by atoms with Gasteiger partial charge in [-0.1, -0.05) is 54.0 Å². The van der Waals surface area contributed by atoms with E-state index >= 15 is 0 Å². The lowest BCUT2D eigenvalue weighted by atomic mass is 10.3. The largest absolute Gasteiger partial charge is 0.471 e. The molecule has 0 aliphatic carbocycles. The second-order valence-corrected chi connectivity index (χ2v) is 11.1. The van der Waals surface area contributed by atoms with Crippen LogP contribution in [0.15, 0.2) is 46.2 Å². The normalized spacial score (nSPS) is 11.6. The van der Waals surface area contributed by atoms with Crippen LogP contribution >= 0.6 is 58.3 Å². The van der Waals surface area contributed by atoms with E-state index in [1.54, 1.807) is 6.26 Å². The zero-order valence-corrected chi connectivity index (χ0v) is 20.7. The van der Waals surface area contributed by atoms with Gasteiger partial charge in [-0.2, -0.15) is 26.3 Å². The SMILES string of the molecule is C.CSc1ccc(NC(=O)C(F)(F)F)c(F)c1.O=C(Nc1ccc(SC(Cl)(Cl)Cl)cc1F)C(F)(F)F. The predicted molar refractivity (Wildman–Crippen MR) is 127 cm³/mol. The fourth-order valence-electron chi connectivity index (χ4n) is 1.90. The second-order valence-electron chi connectivity index (χ2n) is 5.94. The van der Waals surface area contributed by atoms with Crippen molar-refractivity contribution in [2.45, 2.75) is 32.7 Å². The van der Waals surface area contributed by atoms with Crippen LogP contribution in [0.1, 0.15) is 7.43 Å². The van der Waals surface area contributed by atoms with E-state index in [-0.39, 0.29) is 12.3 Å². The standard InChI is InChI=1S/C9H4Cl3F4NOS.C9H7F4NOS.CH4/c10-9(11,12)19-4-1-2-6(5(13)3-4)17-7(18)8(14,15)16;1-16-5-2-3-7(6(10)4-5)14-8(15)9(11,12)13;/h1-3H,(H,17,18);2-4H,1H3,(H,14,15);1H4. The first-order valence-corrected chi connectivity index (χ1v) is 11.7. The molecule has 202 valence electrons. The van der Waals surface area contributed by atoms with Crippen LogP contribution in [0.25, 0.3) is 0 Å². The fraction of sp³-hybridized carbons (Fsp3) is 0.263. The Morgan fingerprint density at radius 3 is 1.42 bits per heavy atom. The number of benzene rings is 2. The van der Waals surface area contributed by atoms with Crippen molar-refractivity contribution in [3.8, 4) is 0 Å². The zero-order valence-electron chi connectivity index (χ0n) is 16.8. The van der Waals surface area contributed by atoms with E-state index < -0.39 is 50.3 Å². The Morgan fingerprint density at radius 1 is 0.750 bits per heavy atom. The Labute approximate surface area is 223 Å². The van der Waals surface area contributed by atoms with Gasteiger partial charge in [-0.15, -0.1) is 11.8 Å². The second kappa shape index (κ2) is 13.8. The number of alkyl halides is 9. The summed E-state index contributed by atoms with van der Waals surface area (Å²) in [6.45, 7) is 0. The molecule has 0 aliphatic heterocycles. The summed E-state index contributed by atoms with van der Waals surface area (Å²) in [4.78, 5) is 21.9. The lowest BCUT2D eigenvalue weighted by Gasteiger charge is -2.12. The van der Waals surface area contributed by atoms with Gasteiger partial charge in [0.25, 0.3) is 0 Å². The molecule has 0 bridgehead atoms. The summed E-state index contributed by atoms with van der Waals surface area (Å²) in [7, 11) is 0. The highest BCUT2D eigenvalue weighted by atomic mass is 35.6. The van der Waals surface area contributed by atoms with Crippen molar-refractivity contribution in [1.82, 2.24) is 0 Å². The van der Waals surface area contributed by atoms with Gasteiger partial charge in [0.15, 0.2) is 0 Å². The molecule has 2 amide bonds. The number of carbonyl (C=O) groups is 2. The molecule has 4 nitrogen and oxygen atoms in total. The summed E-state index contributed by atoms with van der Waals surface area (Å²) in [5.41, 5.74) is -1.10. The number of nitrogens with one attached hydrogen (secondary N) is 2. The number of carbonyl (C=O) groups excluding carboxylic acids is 2. The molecule has 0 saturated heterocycles. The van der Waals surface area contributed by atoms with Crippen molar-refractivity contribution in [3.63, 3.8) is 0 Å². The van der Waals surface area contributed by atoms with Crippen molar-refractivity contribution in [3.05, 3.63) is 48.0 Å². The van der Waals surface area contributed by atoms with E-state index in [2.05, 4.69) is 0 Å². The molecular weight excluding hydrogens is 611 g/mol. The van der Waals surface area contributed by atoms with Crippen LogP contribution in [0.3, 0.4) is 0 Å². The maximum absolute atomic E-state index is 13.4. The van der Waals surface area contributed by atoms with Gasteiger partial charge in [0.05, 0.1) is 11.4 Å². The molecule has 0 aromatic heterocycles. The Morgan fingerprint density at radius 2 is 1.11 bits per heavy atom. The molecule has 36 heavy (non-hydrogen) atoms. The smallest absolute Gasteiger partial charge is 0.316 e. The number of hydrogen-bond acceptors (Lipinski definition) is 4. The summed E-state index contributed by atoms with van der Waals surface area (Å²) < 4.78 is 96.5. The number of thioether (sulfide) groups is 2. The van der Waals surface area contributed by atoms with E-state index in [9.17, 15) is 44.7 Å². The Kier molecular flexibility index (Phi) is 13.2. The van der Waals surface area contributed by atoms with Crippen molar-refractivity contribution < 1.29 is 44.7 Å². The van der Waals surface area contributed by atoms with E-state index in [0.29, 0.717) is 16.7 Å². The van der Waals surface area contributed by atoms with Crippen LogP contribution in [0, 0.1) is 11.6 Å². The highest BCUT2D eigenvalue weighted by Crippen LogP contribution is 2.44. The van der Waals surface area contributed by atoms with Gasteiger partial charge in [0, 0.05) is 9.79 Å². The van der Waals surface area contributed by atoms with E-state index in [1.165, 1.54) is 34.5 Å².